The first-order valence-electron chi connectivity index (χ1n) is 8.15. The first kappa shape index (κ1) is 19.4. The minimum Gasteiger partial charge on any atom is -0.493 e. The van der Waals surface area contributed by atoms with Gasteiger partial charge in [0.05, 0.1) is 14.2 Å². The van der Waals surface area contributed by atoms with Gasteiger partial charge in [0.15, 0.2) is 17.3 Å². The van der Waals surface area contributed by atoms with E-state index < -0.39 is 5.97 Å². The van der Waals surface area contributed by atoms with Gasteiger partial charge in [0.25, 0.3) is 5.91 Å². The molecule has 7 nitrogen and oxygen atoms in total. The van der Waals surface area contributed by atoms with E-state index in [1.807, 2.05) is 19.1 Å². The highest BCUT2D eigenvalue weighted by atomic mass is 16.5. The van der Waals surface area contributed by atoms with E-state index in [1.54, 1.807) is 28.2 Å². The van der Waals surface area contributed by atoms with E-state index in [9.17, 15) is 14.7 Å². The van der Waals surface area contributed by atoms with E-state index in [0.717, 1.165) is 11.1 Å². The quantitative estimate of drug-likeness (QED) is 0.815. The van der Waals surface area contributed by atoms with Gasteiger partial charge in [0.1, 0.15) is 11.3 Å². The summed E-state index contributed by atoms with van der Waals surface area (Å²) in [5, 5.41) is 9.20. The monoisotopic (exact) mass is 361 g/mol. The standard InChI is InChI=1S/C19H23NO6/c1-6-14-13(19(22)23)9-17(26-14)18(21)20(3)10-12-8-16(25-5)15(24-4)7-11(12)2/h7-9H,6,10H2,1-5H3,(H,22,23). The van der Waals surface area contributed by atoms with Crippen LogP contribution in [-0.2, 0) is 13.0 Å². The number of amides is 1. The number of furan rings is 1. The number of aryl methyl sites for hydroxylation is 2. The van der Waals surface area contributed by atoms with Crippen LogP contribution in [0.3, 0.4) is 0 Å². The Kier molecular flexibility index (Phi) is 5.92. The van der Waals surface area contributed by atoms with Gasteiger partial charge in [0.2, 0.25) is 0 Å². The van der Waals surface area contributed by atoms with E-state index >= 15 is 0 Å². The average molecular weight is 361 g/mol. The molecule has 0 fully saturated rings. The molecular weight excluding hydrogens is 338 g/mol. The Bertz CT molecular complexity index is 824. The van der Waals surface area contributed by atoms with Crippen LogP contribution in [0.15, 0.2) is 22.6 Å². The lowest BCUT2D eigenvalue weighted by Gasteiger charge is -2.19. The summed E-state index contributed by atoms with van der Waals surface area (Å²) in [6, 6.07) is 4.94. The molecule has 0 atom stereocenters. The van der Waals surface area contributed by atoms with Crippen molar-refractivity contribution in [2.45, 2.75) is 26.8 Å². The van der Waals surface area contributed by atoms with Crippen molar-refractivity contribution in [2.24, 2.45) is 0 Å². The zero-order chi connectivity index (χ0) is 19.4. The third kappa shape index (κ3) is 3.82. The zero-order valence-corrected chi connectivity index (χ0v) is 15.6. The van der Waals surface area contributed by atoms with Gasteiger partial charge in [-0.2, -0.15) is 0 Å². The van der Waals surface area contributed by atoms with Crippen LogP contribution in [0.5, 0.6) is 11.5 Å². The van der Waals surface area contributed by atoms with Crippen molar-refractivity contribution in [1.82, 2.24) is 4.90 Å². The number of hydrogen-bond donors (Lipinski definition) is 1. The second-order valence-electron chi connectivity index (χ2n) is 5.90. The molecule has 0 spiro atoms. The maximum absolute atomic E-state index is 12.6. The lowest BCUT2D eigenvalue weighted by Crippen LogP contribution is -2.26. The fourth-order valence-electron chi connectivity index (χ4n) is 2.69. The van der Waals surface area contributed by atoms with Crippen molar-refractivity contribution in [1.29, 1.82) is 0 Å². The van der Waals surface area contributed by atoms with Gasteiger partial charge in [0, 0.05) is 26.1 Å². The van der Waals surface area contributed by atoms with Crippen LogP contribution in [0.2, 0.25) is 0 Å². The van der Waals surface area contributed by atoms with E-state index in [2.05, 4.69) is 0 Å². The Labute approximate surface area is 152 Å². The smallest absolute Gasteiger partial charge is 0.339 e. The molecule has 26 heavy (non-hydrogen) atoms. The lowest BCUT2D eigenvalue weighted by atomic mass is 10.1. The van der Waals surface area contributed by atoms with Crippen LogP contribution in [-0.4, -0.2) is 43.2 Å². The second kappa shape index (κ2) is 7.95. The highest BCUT2D eigenvalue weighted by molar-refractivity contribution is 5.96. The molecule has 1 heterocycles. The summed E-state index contributed by atoms with van der Waals surface area (Å²) in [5.41, 5.74) is 1.85. The maximum Gasteiger partial charge on any atom is 0.339 e. The molecule has 7 heteroatoms. The van der Waals surface area contributed by atoms with Crippen molar-refractivity contribution in [2.75, 3.05) is 21.3 Å². The molecule has 1 N–H and O–H groups in total. The number of carboxylic acids is 1. The van der Waals surface area contributed by atoms with Crippen molar-refractivity contribution in [3.05, 3.63) is 46.4 Å². The molecule has 2 aromatic rings. The molecule has 0 saturated heterocycles. The van der Waals surface area contributed by atoms with Gasteiger partial charge >= 0.3 is 5.97 Å². The number of carboxylic acid groups (broad SMARTS) is 1. The van der Waals surface area contributed by atoms with E-state index in [-0.39, 0.29) is 23.0 Å². The number of nitrogens with zero attached hydrogens (tertiary/aromatic N) is 1. The summed E-state index contributed by atoms with van der Waals surface area (Å²) in [4.78, 5) is 25.3. The number of rotatable bonds is 7. The first-order valence-corrected chi connectivity index (χ1v) is 8.15. The Hall–Kier alpha value is -2.96. The molecule has 0 radical (unpaired) electrons. The number of hydrogen-bond acceptors (Lipinski definition) is 5. The van der Waals surface area contributed by atoms with Crippen molar-refractivity contribution in [3.8, 4) is 11.5 Å². The van der Waals surface area contributed by atoms with Crippen molar-refractivity contribution in [3.63, 3.8) is 0 Å². The fourth-order valence-corrected chi connectivity index (χ4v) is 2.69. The summed E-state index contributed by atoms with van der Waals surface area (Å²) in [5.74, 6) is 0.00156. The van der Waals surface area contributed by atoms with Gasteiger partial charge in [-0.1, -0.05) is 6.92 Å². The molecule has 0 aliphatic heterocycles. The molecule has 1 amide bonds. The normalized spacial score (nSPS) is 10.5. The predicted octanol–water partition coefficient (Wildman–Crippen LogP) is 3.14. The largest absolute Gasteiger partial charge is 0.493 e. The van der Waals surface area contributed by atoms with Crippen LogP contribution >= 0.6 is 0 Å². The Morgan fingerprint density at radius 3 is 2.27 bits per heavy atom. The third-order valence-corrected chi connectivity index (χ3v) is 4.17. The second-order valence-corrected chi connectivity index (χ2v) is 5.90. The van der Waals surface area contributed by atoms with Gasteiger partial charge in [-0.25, -0.2) is 4.79 Å². The molecule has 0 aliphatic rings. The predicted molar refractivity (Wildman–Crippen MR) is 95.1 cm³/mol. The summed E-state index contributed by atoms with van der Waals surface area (Å²) in [7, 11) is 4.75. The third-order valence-electron chi connectivity index (χ3n) is 4.17. The summed E-state index contributed by atoms with van der Waals surface area (Å²) in [6.45, 7) is 4.01. The van der Waals surface area contributed by atoms with Gasteiger partial charge in [-0.3, -0.25) is 4.79 Å². The Morgan fingerprint density at radius 2 is 1.77 bits per heavy atom. The van der Waals surface area contributed by atoms with Gasteiger partial charge in [-0.15, -0.1) is 0 Å². The van der Waals surface area contributed by atoms with Crippen molar-refractivity contribution >= 4 is 11.9 Å². The van der Waals surface area contributed by atoms with Crippen LogP contribution in [0.25, 0.3) is 0 Å². The Balaban J connectivity index is 2.26. The molecule has 2 rings (SSSR count). The van der Waals surface area contributed by atoms with E-state index in [4.69, 9.17) is 13.9 Å². The highest BCUT2D eigenvalue weighted by Crippen LogP contribution is 2.31. The highest BCUT2D eigenvalue weighted by Gasteiger charge is 2.23. The molecule has 1 aromatic carbocycles. The van der Waals surface area contributed by atoms with Crippen LogP contribution in [0.4, 0.5) is 0 Å². The summed E-state index contributed by atoms with van der Waals surface area (Å²) >= 11 is 0. The molecule has 140 valence electrons. The van der Waals surface area contributed by atoms with E-state index in [1.165, 1.54) is 11.0 Å². The molecule has 0 bridgehead atoms. The lowest BCUT2D eigenvalue weighted by molar-refractivity contribution is 0.0692. The number of aromatic carboxylic acids is 1. The first-order chi connectivity index (χ1) is 12.3. The number of benzene rings is 1. The molecule has 1 aromatic heterocycles. The maximum atomic E-state index is 12.6. The zero-order valence-electron chi connectivity index (χ0n) is 15.6. The van der Waals surface area contributed by atoms with Crippen LogP contribution in [0.1, 0.15) is 44.7 Å². The topological polar surface area (TPSA) is 89.2 Å². The molecule has 0 unspecified atom stereocenters. The van der Waals surface area contributed by atoms with Crippen molar-refractivity contribution < 1.29 is 28.6 Å². The minimum absolute atomic E-state index is 0.0138. The number of ether oxygens (including phenoxy) is 2. The van der Waals surface area contributed by atoms with Crippen LogP contribution in [0, 0.1) is 6.92 Å². The molecule has 0 saturated carbocycles. The van der Waals surface area contributed by atoms with Gasteiger partial charge < -0.3 is 23.9 Å². The molecular formula is C19H23NO6. The number of carbonyl (C=O) groups is 2. The summed E-state index contributed by atoms with van der Waals surface area (Å²) in [6.07, 6.45) is 0.396. The van der Waals surface area contributed by atoms with E-state index in [0.29, 0.717) is 24.5 Å². The van der Waals surface area contributed by atoms with Gasteiger partial charge in [-0.05, 0) is 30.2 Å². The summed E-state index contributed by atoms with van der Waals surface area (Å²) < 4.78 is 16.0. The fraction of sp³-hybridized carbons (Fsp3) is 0.368. The number of carbonyl (C=O) groups excluding carboxylic acids is 1. The SMILES string of the molecule is CCc1oc(C(=O)N(C)Cc2cc(OC)c(OC)cc2C)cc1C(=O)O. The average Bonchev–Trinajstić information content (AvgIpc) is 3.06. The minimum atomic E-state index is -1.11. The number of methoxy groups -OCH3 is 2. The van der Waals surface area contributed by atoms with Crippen LogP contribution < -0.4 is 9.47 Å². The Morgan fingerprint density at radius 1 is 1.15 bits per heavy atom. The molecule has 0 aliphatic carbocycles.